The monoisotopic (exact) mass is 275 g/mol. The molecule has 0 aromatic heterocycles. The predicted molar refractivity (Wildman–Crippen MR) is 83.2 cm³/mol. The van der Waals surface area contributed by atoms with Crippen molar-refractivity contribution in [2.24, 2.45) is 5.92 Å². The Labute approximate surface area is 121 Å². The van der Waals surface area contributed by atoms with Gasteiger partial charge in [0.05, 0.1) is 0 Å². The van der Waals surface area contributed by atoms with E-state index in [0.717, 1.165) is 37.4 Å². The molecule has 1 aliphatic rings. The van der Waals surface area contributed by atoms with E-state index in [2.05, 4.69) is 24.2 Å². The summed E-state index contributed by atoms with van der Waals surface area (Å²) < 4.78 is 0. The average molecular weight is 275 g/mol. The number of rotatable bonds is 5. The van der Waals surface area contributed by atoms with Crippen LogP contribution in [0.2, 0.25) is 0 Å². The van der Waals surface area contributed by atoms with Crippen molar-refractivity contribution in [3.05, 3.63) is 29.8 Å². The fraction of sp³-hybridized carbons (Fsp3) is 0.562. The Hall–Kier alpha value is -1.55. The van der Waals surface area contributed by atoms with Crippen LogP contribution in [0.15, 0.2) is 24.3 Å². The fourth-order valence-corrected chi connectivity index (χ4v) is 2.80. The largest absolute Gasteiger partial charge is 0.385 e. The first kappa shape index (κ1) is 14.9. The number of hydrogen-bond acceptors (Lipinski definition) is 3. The smallest absolute Gasteiger partial charge is 0.253 e. The maximum atomic E-state index is 12.4. The highest BCUT2D eigenvalue weighted by Crippen LogP contribution is 2.17. The zero-order valence-electron chi connectivity index (χ0n) is 12.7. The van der Waals surface area contributed by atoms with Crippen molar-refractivity contribution in [3.8, 4) is 0 Å². The molecule has 1 amide bonds. The second-order valence-corrected chi connectivity index (χ2v) is 5.71. The lowest BCUT2D eigenvalue weighted by Crippen LogP contribution is -2.32. The number of carbonyl (C=O) groups excluding carboxylic acids is 1. The minimum Gasteiger partial charge on any atom is -0.385 e. The molecule has 0 spiro atoms. The number of likely N-dealkylation sites (tertiary alicyclic amines) is 1. The van der Waals surface area contributed by atoms with E-state index >= 15 is 0 Å². The van der Waals surface area contributed by atoms with E-state index in [0.29, 0.717) is 5.92 Å². The normalized spacial score (nSPS) is 19.1. The number of nitrogens with one attached hydrogen (secondary N) is 1. The summed E-state index contributed by atoms with van der Waals surface area (Å²) in [4.78, 5) is 16.6. The molecule has 1 aromatic rings. The summed E-state index contributed by atoms with van der Waals surface area (Å²) >= 11 is 0. The molecule has 20 heavy (non-hydrogen) atoms. The third-order valence-corrected chi connectivity index (χ3v) is 3.88. The van der Waals surface area contributed by atoms with E-state index < -0.39 is 0 Å². The summed E-state index contributed by atoms with van der Waals surface area (Å²) in [6.07, 6.45) is 1.19. The lowest BCUT2D eigenvalue weighted by atomic mass is 10.1. The highest BCUT2D eigenvalue weighted by Gasteiger charge is 2.22. The zero-order chi connectivity index (χ0) is 14.5. The second kappa shape index (κ2) is 6.75. The van der Waals surface area contributed by atoms with Crippen LogP contribution >= 0.6 is 0 Å². The first-order valence-corrected chi connectivity index (χ1v) is 7.38. The molecule has 1 N–H and O–H groups in total. The van der Waals surface area contributed by atoms with Gasteiger partial charge < -0.3 is 15.1 Å². The molecule has 0 aliphatic carbocycles. The standard InChI is InChI=1S/C16H25N3O/c1-4-17-15-7-5-14(6-8-15)16(20)19(3)12-13-9-10-18(2)11-13/h5-8,13,17H,4,9-12H2,1-3H3. The molecule has 1 heterocycles. The van der Waals surface area contributed by atoms with Crippen LogP contribution in [-0.4, -0.2) is 56.0 Å². The van der Waals surface area contributed by atoms with Gasteiger partial charge in [0, 0.05) is 37.9 Å². The summed E-state index contributed by atoms with van der Waals surface area (Å²) in [5.41, 5.74) is 1.82. The molecule has 0 bridgehead atoms. The fourth-order valence-electron chi connectivity index (χ4n) is 2.80. The van der Waals surface area contributed by atoms with Gasteiger partial charge in [0.15, 0.2) is 0 Å². The second-order valence-electron chi connectivity index (χ2n) is 5.71. The van der Waals surface area contributed by atoms with Crippen LogP contribution in [0.4, 0.5) is 5.69 Å². The molecule has 1 atom stereocenters. The third-order valence-electron chi connectivity index (χ3n) is 3.88. The molecule has 2 rings (SSSR count). The average Bonchev–Trinajstić information content (AvgIpc) is 2.84. The number of hydrogen-bond donors (Lipinski definition) is 1. The summed E-state index contributed by atoms with van der Waals surface area (Å²) in [7, 11) is 4.04. The first-order valence-electron chi connectivity index (χ1n) is 7.38. The zero-order valence-corrected chi connectivity index (χ0v) is 12.7. The van der Waals surface area contributed by atoms with Crippen LogP contribution in [0.1, 0.15) is 23.7 Å². The Morgan fingerprint density at radius 1 is 1.40 bits per heavy atom. The Morgan fingerprint density at radius 2 is 2.10 bits per heavy atom. The Bertz CT molecular complexity index is 444. The molecule has 1 unspecified atom stereocenters. The Balaban J connectivity index is 1.92. The SMILES string of the molecule is CCNc1ccc(C(=O)N(C)CC2CCN(C)C2)cc1. The van der Waals surface area contributed by atoms with Gasteiger partial charge in [-0.05, 0) is 57.1 Å². The minimum atomic E-state index is 0.114. The lowest BCUT2D eigenvalue weighted by molar-refractivity contribution is 0.0774. The van der Waals surface area contributed by atoms with Crippen molar-refractivity contribution < 1.29 is 4.79 Å². The van der Waals surface area contributed by atoms with Gasteiger partial charge in [-0.3, -0.25) is 4.79 Å². The van der Waals surface area contributed by atoms with Gasteiger partial charge in [0.2, 0.25) is 0 Å². The maximum absolute atomic E-state index is 12.4. The van der Waals surface area contributed by atoms with E-state index in [4.69, 9.17) is 0 Å². The van der Waals surface area contributed by atoms with Crippen LogP contribution in [0.5, 0.6) is 0 Å². The predicted octanol–water partition coefficient (Wildman–Crippen LogP) is 2.14. The van der Waals surface area contributed by atoms with Gasteiger partial charge in [-0.1, -0.05) is 0 Å². The van der Waals surface area contributed by atoms with Gasteiger partial charge in [-0.15, -0.1) is 0 Å². The van der Waals surface area contributed by atoms with Crippen LogP contribution in [0.3, 0.4) is 0 Å². The van der Waals surface area contributed by atoms with Crippen LogP contribution in [-0.2, 0) is 0 Å². The highest BCUT2D eigenvalue weighted by molar-refractivity contribution is 5.94. The molecular weight excluding hydrogens is 250 g/mol. The van der Waals surface area contributed by atoms with Crippen molar-refractivity contribution in [3.63, 3.8) is 0 Å². The van der Waals surface area contributed by atoms with Crippen LogP contribution < -0.4 is 5.32 Å². The molecule has 0 radical (unpaired) electrons. The first-order chi connectivity index (χ1) is 9.60. The quantitative estimate of drug-likeness (QED) is 0.894. The summed E-state index contributed by atoms with van der Waals surface area (Å²) in [6.45, 7) is 6.03. The third kappa shape index (κ3) is 3.73. The number of benzene rings is 1. The van der Waals surface area contributed by atoms with Gasteiger partial charge >= 0.3 is 0 Å². The van der Waals surface area contributed by atoms with Crippen molar-refractivity contribution in [1.29, 1.82) is 0 Å². The van der Waals surface area contributed by atoms with Gasteiger partial charge in [-0.2, -0.15) is 0 Å². The molecule has 1 aromatic carbocycles. The van der Waals surface area contributed by atoms with Crippen LogP contribution in [0.25, 0.3) is 0 Å². The highest BCUT2D eigenvalue weighted by atomic mass is 16.2. The molecule has 4 heteroatoms. The minimum absolute atomic E-state index is 0.114. The van der Waals surface area contributed by atoms with Crippen molar-refractivity contribution in [2.75, 3.05) is 45.6 Å². The molecule has 1 fully saturated rings. The molecule has 0 saturated carbocycles. The van der Waals surface area contributed by atoms with Gasteiger partial charge in [-0.25, -0.2) is 0 Å². The maximum Gasteiger partial charge on any atom is 0.253 e. The van der Waals surface area contributed by atoms with Crippen molar-refractivity contribution in [2.45, 2.75) is 13.3 Å². The Morgan fingerprint density at radius 3 is 2.65 bits per heavy atom. The van der Waals surface area contributed by atoms with Gasteiger partial charge in [0.1, 0.15) is 0 Å². The molecule has 4 nitrogen and oxygen atoms in total. The summed E-state index contributed by atoms with van der Waals surface area (Å²) in [6, 6.07) is 7.73. The topological polar surface area (TPSA) is 35.6 Å². The number of nitrogens with zero attached hydrogens (tertiary/aromatic N) is 2. The summed E-state index contributed by atoms with van der Waals surface area (Å²) in [5.74, 6) is 0.720. The summed E-state index contributed by atoms with van der Waals surface area (Å²) in [5, 5.41) is 3.24. The molecule has 110 valence electrons. The van der Waals surface area contributed by atoms with E-state index in [-0.39, 0.29) is 5.91 Å². The van der Waals surface area contributed by atoms with E-state index in [1.165, 1.54) is 6.42 Å². The van der Waals surface area contributed by atoms with Gasteiger partial charge in [0.25, 0.3) is 5.91 Å². The number of carbonyl (C=O) groups is 1. The van der Waals surface area contributed by atoms with Crippen molar-refractivity contribution >= 4 is 11.6 Å². The number of anilines is 1. The van der Waals surface area contributed by atoms with Crippen LogP contribution in [0, 0.1) is 5.92 Å². The van der Waals surface area contributed by atoms with E-state index in [1.54, 1.807) is 0 Å². The molecule has 1 aliphatic heterocycles. The number of amides is 1. The van der Waals surface area contributed by atoms with E-state index in [9.17, 15) is 4.79 Å². The Kier molecular flexibility index (Phi) is 5.01. The molecule has 1 saturated heterocycles. The lowest BCUT2D eigenvalue weighted by Gasteiger charge is -2.21. The van der Waals surface area contributed by atoms with Crippen molar-refractivity contribution in [1.82, 2.24) is 9.80 Å². The van der Waals surface area contributed by atoms with E-state index in [1.807, 2.05) is 36.2 Å². The molecular formula is C16H25N3O.